The number of anilines is 1. The topological polar surface area (TPSA) is 107 Å². The van der Waals surface area contributed by atoms with Crippen LogP contribution in [0.2, 0.25) is 5.02 Å². The summed E-state index contributed by atoms with van der Waals surface area (Å²) in [4.78, 5) is 30.9. The normalized spacial score (nSPS) is 10.3. The summed E-state index contributed by atoms with van der Waals surface area (Å²) in [6.45, 7) is 2.14. The smallest absolute Gasteiger partial charge is 0.296 e. The van der Waals surface area contributed by atoms with Gasteiger partial charge in [-0.25, -0.2) is 9.97 Å². The van der Waals surface area contributed by atoms with E-state index in [1.54, 1.807) is 13.2 Å². The van der Waals surface area contributed by atoms with E-state index >= 15 is 0 Å². The largest absolute Gasteiger partial charge is 0.494 e. The van der Waals surface area contributed by atoms with E-state index in [2.05, 4.69) is 15.3 Å². The van der Waals surface area contributed by atoms with Crippen LogP contribution < -0.4 is 10.1 Å². The lowest BCUT2D eigenvalue weighted by atomic mass is 10.2. The van der Waals surface area contributed by atoms with Crippen molar-refractivity contribution in [1.29, 1.82) is 0 Å². The number of halogens is 1. The zero-order valence-electron chi connectivity index (χ0n) is 12.8. The van der Waals surface area contributed by atoms with Gasteiger partial charge in [0.15, 0.2) is 10.9 Å². The Morgan fingerprint density at radius 2 is 2.25 bits per heavy atom. The summed E-state index contributed by atoms with van der Waals surface area (Å²) in [5.41, 5.74) is -0.322. The third-order valence-corrected chi connectivity index (χ3v) is 3.68. The van der Waals surface area contributed by atoms with E-state index in [0.717, 1.165) is 0 Å². The van der Waals surface area contributed by atoms with E-state index in [4.69, 9.17) is 16.3 Å². The van der Waals surface area contributed by atoms with Crippen molar-refractivity contribution in [2.24, 2.45) is 0 Å². The first kappa shape index (κ1) is 18.0. The number of ether oxygens (including phenoxy) is 1. The molecule has 0 saturated heterocycles. The maximum atomic E-state index is 12.3. The molecule has 1 heterocycles. The average molecular weight is 369 g/mol. The number of nitro groups is 1. The van der Waals surface area contributed by atoms with E-state index in [9.17, 15) is 14.9 Å². The van der Waals surface area contributed by atoms with Crippen LogP contribution in [0.25, 0.3) is 0 Å². The maximum absolute atomic E-state index is 12.3. The molecule has 0 aliphatic rings. The molecule has 2 aromatic rings. The summed E-state index contributed by atoms with van der Waals surface area (Å²) < 4.78 is 5.23. The first-order valence-corrected chi connectivity index (χ1v) is 8.35. The number of nitrogens with one attached hydrogen (secondary N) is 1. The van der Waals surface area contributed by atoms with Crippen molar-refractivity contribution >= 4 is 40.6 Å². The minimum Gasteiger partial charge on any atom is -0.494 e. The van der Waals surface area contributed by atoms with Gasteiger partial charge in [-0.2, -0.15) is 0 Å². The number of amides is 1. The van der Waals surface area contributed by atoms with Gasteiger partial charge in [-0.1, -0.05) is 23.4 Å². The molecule has 0 spiro atoms. The van der Waals surface area contributed by atoms with Crippen LogP contribution in [0, 0.1) is 10.1 Å². The summed E-state index contributed by atoms with van der Waals surface area (Å²) >= 11 is 7.18. The van der Waals surface area contributed by atoms with E-state index in [-0.39, 0.29) is 22.1 Å². The molecule has 1 aromatic heterocycles. The summed E-state index contributed by atoms with van der Waals surface area (Å²) in [5.74, 6) is -0.322. The molecule has 0 bridgehead atoms. The van der Waals surface area contributed by atoms with Crippen LogP contribution in [0.4, 0.5) is 11.4 Å². The molecule has 0 atom stereocenters. The van der Waals surface area contributed by atoms with Crippen LogP contribution >= 0.6 is 23.4 Å². The van der Waals surface area contributed by atoms with Gasteiger partial charge in [-0.15, -0.1) is 0 Å². The van der Waals surface area contributed by atoms with Gasteiger partial charge in [0.25, 0.3) is 11.6 Å². The minimum absolute atomic E-state index is 0.0221. The van der Waals surface area contributed by atoms with Crippen molar-refractivity contribution in [2.75, 3.05) is 18.2 Å². The van der Waals surface area contributed by atoms with Crippen LogP contribution in [0.5, 0.6) is 5.75 Å². The molecule has 0 aliphatic carbocycles. The Labute approximate surface area is 146 Å². The van der Waals surface area contributed by atoms with E-state index in [1.807, 2.05) is 0 Å². The Morgan fingerprint density at radius 1 is 1.50 bits per heavy atom. The minimum atomic E-state index is -0.662. The fourth-order valence-corrected chi connectivity index (χ4v) is 2.33. The van der Waals surface area contributed by atoms with Gasteiger partial charge in [-0.3, -0.25) is 14.9 Å². The SMILES string of the molecule is CCOc1ccc(NC(=O)c2nc(SC)ncc2Cl)c([N+](=O)[O-])c1. The molecular formula is C14H13ClN4O4S. The Bertz CT molecular complexity index is 787. The van der Waals surface area contributed by atoms with Crippen molar-refractivity contribution < 1.29 is 14.5 Å². The second kappa shape index (κ2) is 7.93. The zero-order chi connectivity index (χ0) is 17.7. The maximum Gasteiger partial charge on any atom is 0.296 e. The van der Waals surface area contributed by atoms with Crippen LogP contribution in [0.15, 0.2) is 29.6 Å². The lowest BCUT2D eigenvalue weighted by Gasteiger charge is -2.09. The first-order valence-electron chi connectivity index (χ1n) is 6.75. The molecule has 0 saturated carbocycles. The van der Waals surface area contributed by atoms with Gasteiger partial charge >= 0.3 is 0 Å². The average Bonchev–Trinajstić information content (AvgIpc) is 2.56. The highest BCUT2D eigenvalue weighted by Crippen LogP contribution is 2.30. The predicted octanol–water partition coefficient (Wildman–Crippen LogP) is 3.41. The Morgan fingerprint density at radius 3 is 2.88 bits per heavy atom. The second-order valence-electron chi connectivity index (χ2n) is 4.38. The predicted molar refractivity (Wildman–Crippen MR) is 91.0 cm³/mol. The zero-order valence-corrected chi connectivity index (χ0v) is 14.3. The van der Waals surface area contributed by atoms with Gasteiger partial charge in [0, 0.05) is 0 Å². The highest BCUT2D eigenvalue weighted by Gasteiger charge is 2.20. The van der Waals surface area contributed by atoms with E-state index in [1.165, 1.54) is 36.2 Å². The van der Waals surface area contributed by atoms with E-state index in [0.29, 0.717) is 17.5 Å². The van der Waals surface area contributed by atoms with Gasteiger partial charge in [0.2, 0.25) is 0 Å². The van der Waals surface area contributed by atoms with Gasteiger partial charge in [0.05, 0.1) is 28.8 Å². The quantitative estimate of drug-likeness (QED) is 0.360. The number of carbonyl (C=O) groups is 1. The monoisotopic (exact) mass is 368 g/mol. The van der Waals surface area contributed by atoms with Crippen molar-refractivity contribution in [2.45, 2.75) is 12.1 Å². The van der Waals surface area contributed by atoms with Crippen LogP contribution in [0.3, 0.4) is 0 Å². The molecule has 1 aromatic carbocycles. The lowest BCUT2D eigenvalue weighted by molar-refractivity contribution is -0.384. The van der Waals surface area contributed by atoms with Crippen LogP contribution in [-0.4, -0.2) is 33.7 Å². The van der Waals surface area contributed by atoms with Gasteiger partial charge < -0.3 is 10.1 Å². The van der Waals surface area contributed by atoms with Gasteiger partial charge in [-0.05, 0) is 25.3 Å². The summed E-state index contributed by atoms with van der Waals surface area (Å²) in [7, 11) is 0. The molecule has 24 heavy (non-hydrogen) atoms. The second-order valence-corrected chi connectivity index (χ2v) is 5.56. The number of hydrogen-bond donors (Lipinski definition) is 1. The molecule has 1 amide bonds. The van der Waals surface area contributed by atoms with Gasteiger partial charge in [0.1, 0.15) is 11.4 Å². The molecule has 8 nitrogen and oxygen atoms in total. The summed E-state index contributed by atoms with van der Waals surface area (Å²) in [6.07, 6.45) is 3.06. The third-order valence-electron chi connectivity index (χ3n) is 2.84. The molecule has 10 heteroatoms. The number of aromatic nitrogens is 2. The fourth-order valence-electron chi connectivity index (χ4n) is 1.81. The number of nitrogens with zero attached hydrogens (tertiary/aromatic N) is 3. The number of rotatable bonds is 6. The number of carbonyl (C=O) groups excluding carboxylic acids is 1. The highest BCUT2D eigenvalue weighted by molar-refractivity contribution is 7.98. The van der Waals surface area contributed by atoms with Crippen molar-refractivity contribution in [3.63, 3.8) is 0 Å². The Hall–Kier alpha value is -2.39. The van der Waals surface area contributed by atoms with Crippen LogP contribution in [0.1, 0.15) is 17.4 Å². The molecular weight excluding hydrogens is 356 g/mol. The Balaban J connectivity index is 2.33. The number of hydrogen-bond acceptors (Lipinski definition) is 7. The highest BCUT2D eigenvalue weighted by atomic mass is 35.5. The Kier molecular flexibility index (Phi) is 5.93. The summed E-state index contributed by atoms with van der Waals surface area (Å²) in [5, 5.41) is 14.1. The molecule has 0 unspecified atom stereocenters. The lowest BCUT2D eigenvalue weighted by Crippen LogP contribution is -2.16. The van der Waals surface area contributed by atoms with Crippen LogP contribution in [-0.2, 0) is 0 Å². The first-order chi connectivity index (χ1) is 11.5. The molecule has 2 rings (SSSR count). The number of benzene rings is 1. The third kappa shape index (κ3) is 4.12. The number of thioether (sulfide) groups is 1. The molecule has 0 aliphatic heterocycles. The summed E-state index contributed by atoms with van der Waals surface area (Å²) in [6, 6.07) is 4.17. The van der Waals surface area contributed by atoms with E-state index < -0.39 is 10.8 Å². The molecule has 126 valence electrons. The molecule has 0 radical (unpaired) electrons. The molecule has 1 N–H and O–H groups in total. The standard InChI is InChI=1S/C14H13ClN4O4S/c1-3-23-8-4-5-10(11(6-8)19(21)22)17-13(20)12-9(15)7-16-14(18-12)24-2/h4-7H,3H2,1-2H3,(H,17,20). The van der Waals surface area contributed by atoms with Crippen molar-refractivity contribution in [3.05, 3.63) is 45.2 Å². The number of nitro benzene ring substituents is 1. The van der Waals surface area contributed by atoms with Crippen molar-refractivity contribution in [1.82, 2.24) is 9.97 Å². The molecule has 0 fully saturated rings. The fraction of sp³-hybridized carbons (Fsp3) is 0.214. The van der Waals surface area contributed by atoms with Crippen molar-refractivity contribution in [3.8, 4) is 5.75 Å².